The van der Waals surface area contributed by atoms with Crippen molar-refractivity contribution in [3.05, 3.63) is 23.5 Å². The number of hydrogen-bond donors (Lipinski definition) is 1. The maximum absolute atomic E-state index is 12.2. The highest BCUT2D eigenvalue weighted by Gasteiger charge is 2.21. The van der Waals surface area contributed by atoms with Crippen LogP contribution in [0.5, 0.6) is 0 Å². The van der Waals surface area contributed by atoms with Crippen molar-refractivity contribution in [2.45, 2.75) is 26.9 Å². The van der Waals surface area contributed by atoms with Crippen LogP contribution in [0.3, 0.4) is 0 Å². The van der Waals surface area contributed by atoms with Crippen molar-refractivity contribution in [2.24, 2.45) is 7.05 Å². The van der Waals surface area contributed by atoms with E-state index in [2.05, 4.69) is 0 Å². The van der Waals surface area contributed by atoms with Crippen LogP contribution in [0.25, 0.3) is 0 Å². The molecule has 1 aromatic heterocycles. The van der Waals surface area contributed by atoms with Gasteiger partial charge in [0, 0.05) is 31.9 Å². The Morgan fingerprint density at radius 2 is 2.06 bits per heavy atom. The smallest absolute Gasteiger partial charge is 0.270 e. The van der Waals surface area contributed by atoms with Crippen molar-refractivity contribution in [2.75, 3.05) is 13.1 Å². The van der Waals surface area contributed by atoms with Crippen LogP contribution in [-0.4, -0.2) is 33.6 Å². The monoisotopic (exact) mass is 224 g/mol. The van der Waals surface area contributed by atoms with Gasteiger partial charge in [0.15, 0.2) is 0 Å². The molecule has 0 aliphatic rings. The lowest BCUT2D eigenvalue weighted by Gasteiger charge is -2.20. The Kier molecular flexibility index (Phi) is 4.12. The molecular weight excluding hydrogens is 204 g/mol. The highest BCUT2D eigenvalue weighted by atomic mass is 16.3. The first-order valence-electron chi connectivity index (χ1n) is 5.65. The molecule has 90 valence electrons. The molecule has 1 heterocycles. The van der Waals surface area contributed by atoms with Gasteiger partial charge >= 0.3 is 0 Å². The predicted molar refractivity (Wildman–Crippen MR) is 63.3 cm³/mol. The molecule has 4 heteroatoms. The van der Waals surface area contributed by atoms with E-state index < -0.39 is 6.10 Å². The first kappa shape index (κ1) is 12.8. The summed E-state index contributed by atoms with van der Waals surface area (Å²) in [5, 5.41) is 9.61. The molecule has 1 amide bonds. The summed E-state index contributed by atoms with van der Waals surface area (Å²) in [6, 6.07) is 1.79. The second-order valence-corrected chi connectivity index (χ2v) is 3.88. The van der Waals surface area contributed by atoms with E-state index in [1.165, 1.54) is 0 Å². The van der Waals surface area contributed by atoms with Crippen LogP contribution >= 0.6 is 0 Å². The number of hydrogen-bond acceptors (Lipinski definition) is 2. The van der Waals surface area contributed by atoms with E-state index >= 15 is 0 Å². The van der Waals surface area contributed by atoms with E-state index in [1.54, 1.807) is 28.7 Å². The van der Waals surface area contributed by atoms with Gasteiger partial charge in [0.1, 0.15) is 5.69 Å². The van der Waals surface area contributed by atoms with E-state index in [1.807, 2.05) is 20.9 Å². The van der Waals surface area contributed by atoms with E-state index in [0.717, 1.165) is 0 Å². The van der Waals surface area contributed by atoms with Crippen molar-refractivity contribution < 1.29 is 9.90 Å². The first-order valence-corrected chi connectivity index (χ1v) is 5.65. The Hall–Kier alpha value is -1.29. The summed E-state index contributed by atoms with van der Waals surface area (Å²) in [7, 11) is 1.82. The van der Waals surface area contributed by atoms with Gasteiger partial charge in [-0.2, -0.15) is 0 Å². The van der Waals surface area contributed by atoms with Crippen LogP contribution < -0.4 is 0 Å². The van der Waals surface area contributed by atoms with Gasteiger partial charge in [0.05, 0.1) is 6.10 Å². The van der Waals surface area contributed by atoms with Gasteiger partial charge in [-0.15, -0.1) is 0 Å². The molecule has 1 unspecified atom stereocenters. The van der Waals surface area contributed by atoms with Gasteiger partial charge in [0.25, 0.3) is 5.91 Å². The molecule has 0 bridgehead atoms. The lowest BCUT2D eigenvalue weighted by Crippen LogP contribution is -2.32. The van der Waals surface area contributed by atoms with Crippen LogP contribution in [0.4, 0.5) is 0 Å². The van der Waals surface area contributed by atoms with E-state index in [4.69, 9.17) is 0 Å². The molecule has 0 aliphatic heterocycles. The topological polar surface area (TPSA) is 45.5 Å². The average molecular weight is 224 g/mol. The summed E-state index contributed by atoms with van der Waals surface area (Å²) in [4.78, 5) is 14.0. The van der Waals surface area contributed by atoms with Crippen molar-refractivity contribution in [3.63, 3.8) is 0 Å². The molecule has 1 aromatic rings. The number of carbonyl (C=O) groups excluding carboxylic acids is 1. The molecule has 1 atom stereocenters. The minimum Gasteiger partial charge on any atom is -0.389 e. The van der Waals surface area contributed by atoms with Crippen LogP contribution in [0.15, 0.2) is 12.3 Å². The lowest BCUT2D eigenvalue weighted by molar-refractivity contribution is 0.0756. The van der Waals surface area contributed by atoms with Crippen LogP contribution in [0.1, 0.15) is 42.9 Å². The Bertz CT molecular complexity index is 365. The molecule has 0 aromatic carbocycles. The second-order valence-electron chi connectivity index (χ2n) is 3.88. The fraction of sp³-hybridized carbons (Fsp3) is 0.583. The van der Waals surface area contributed by atoms with E-state index in [0.29, 0.717) is 24.3 Å². The number of aryl methyl sites for hydroxylation is 1. The van der Waals surface area contributed by atoms with Crippen LogP contribution in [0.2, 0.25) is 0 Å². The number of nitrogens with zero attached hydrogens (tertiary/aromatic N) is 2. The Morgan fingerprint density at radius 3 is 2.50 bits per heavy atom. The van der Waals surface area contributed by atoms with Gasteiger partial charge in [-0.05, 0) is 26.8 Å². The normalized spacial score (nSPS) is 12.6. The third-order valence-electron chi connectivity index (χ3n) is 2.81. The quantitative estimate of drug-likeness (QED) is 0.843. The maximum Gasteiger partial charge on any atom is 0.270 e. The van der Waals surface area contributed by atoms with Crippen molar-refractivity contribution in [3.8, 4) is 0 Å². The molecule has 1 N–H and O–H groups in total. The van der Waals surface area contributed by atoms with Gasteiger partial charge in [-0.25, -0.2) is 0 Å². The van der Waals surface area contributed by atoms with Gasteiger partial charge in [-0.1, -0.05) is 0 Å². The molecule has 16 heavy (non-hydrogen) atoms. The number of aliphatic hydroxyl groups excluding tert-OH is 1. The number of aromatic nitrogens is 1. The summed E-state index contributed by atoms with van der Waals surface area (Å²) in [6.07, 6.45) is 1.19. The number of aliphatic hydroxyl groups is 1. The summed E-state index contributed by atoms with van der Waals surface area (Å²) in [5.41, 5.74) is 1.28. The lowest BCUT2D eigenvalue weighted by atomic mass is 10.1. The van der Waals surface area contributed by atoms with Crippen LogP contribution in [-0.2, 0) is 7.05 Å². The zero-order valence-electron chi connectivity index (χ0n) is 10.4. The molecule has 0 saturated heterocycles. The summed E-state index contributed by atoms with van der Waals surface area (Å²) in [5.74, 6) is -0.0200. The fourth-order valence-corrected chi connectivity index (χ4v) is 1.82. The molecule has 0 saturated carbocycles. The molecule has 0 spiro atoms. The van der Waals surface area contributed by atoms with Crippen LogP contribution in [0, 0.1) is 0 Å². The van der Waals surface area contributed by atoms with Gasteiger partial charge < -0.3 is 14.6 Å². The third kappa shape index (κ3) is 2.27. The van der Waals surface area contributed by atoms with E-state index in [9.17, 15) is 9.90 Å². The Balaban J connectivity index is 3.11. The average Bonchev–Trinajstić information content (AvgIpc) is 2.61. The third-order valence-corrected chi connectivity index (χ3v) is 2.81. The number of rotatable bonds is 4. The largest absolute Gasteiger partial charge is 0.389 e. The Morgan fingerprint density at radius 1 is 1.50 bits per heavy atom. The Labute approximate surface area is 96.5 Å². The molecular formula is C12H20N2O2. The molecule has 4 nitrogen and oxygen atoms in total. The minimum absolute atomic E-state index is 0.0200. The van der Waals surface area contributed by atoms with Crippen molar-refractivity contribution in [1.29, 1.82) is 0 Å². The van der Waals surface area contributed by atoms with E-state index in [-0.39, 0.29) is 5.91 Å². The second kappa shape index (κ2) is 5.16. The summed E-state index contributed by atoms with van der Waals surface area (Å²) >= 11 is 0. The van der Waals surface area contributed by atoms with Gasteiger partial charge in [-0.3, -0.25) is 4.79 Å². The number of amides is 1. The highest BCUT2D eigenvalue weighted by molar-refractivity contribution is 5.94. The van der Waals surface area contributed by atoms with Gasteiger partial charge in [0.2, 0.25) is 0 Å². The molecule has 0 aliphatic carbocycles. The number of carbonyl (C=O) groups is 1. The van der Waals surface area contributed by atoms with Crippen molar-refractivity contribution >= 4 is 5.91 Å². The zero-order valence-corrected chi connectivity index (χ0v) is 10.4. The standard InChI is InChI=1S/C12H20N2O2/c1-5-14(6-2)12(16)11-10(9(3)15)7-8-13(11)4/h7-9,15H,5-6H2,1-4H3. The molecule has 0 radical (unpaired) electrons. The summed E-state index contributed by atoms with van der Waals surface area (Å²) in [6.45, 7) is 6.94. The summed E-state index contributed by atoms with van der Waals surface area (Å²) < 4.78 is 1.77. The van der Waals surface area contributed by atoms with Crippen molar-refractivity contribution in [1.82, 2.24) is 9.47 Å². The molecule has 1 rings (SSSR count). The fourth-order valence-electron chi connectivity index (χ4n) is 1.82. The minimum atomic E-state index is -0.615. The zero-order chi connectivity index (χ0) is 12.3. The molecule has 0 fully saturated rings. The highest BCUT2D eigenvalue weighted by Crippen LogP contribution is 2.20. The maximum atomic E-state index is 12.2. The first-order chi connectivity index (χ1) is 7.52. The SMILES string of the molecule is CCN(CC)C(=O)c1c(C(C)O)ccn1C. The predicted octanol–water partition coefficient (Wildman–Crippen LogP) is 1.56.